The summed E-state index contributed by atoms with van der Waals surface area (Å²) < 4.78 is 0. The Morgan fingerprint density at radius 3 is 2.61 bits per heavy atom. The molecule has 0 saturated carbocycles. The van der Waals surface area contributed by atoms with Gasteiger partial charge in [-0.05, 0) is 36.3 Å². The summed E-state index contributed by atoms with van der Waals surface area (Å²) in [5, 5.41) is 8.56. The van der Waals surface area contributed by atoms with Crippen LogP contribution in [0, 0.1) is 6.92 Å². The zero-order valence-electron chi connectivity index (χ0n) is 10.4. The molecule has 0 aliphatic heterocycles. The highest BCUT2D eigenvalue weighted by Crippen LogP contribution is 2.19. The van der Waals surface area contributed by atoms with Gasteiger partial charge in [0.15, 0.2) is 0 Å². The molecule has 0 saturated heterocycles. The van der Waals surface area contributed by atoms with E-state index in [1.807, 2.05) is 25.1 Å². The number of aryl methyl sites for hydroxylation is 1. The molecule has 3 N–H and O–H groups in total. The summed E-state index contributed by atoms with van der Waals surface area (Å²) in [7, 11) is 1.77. The fourth-order valence-electron chi connectivity index (χ4n) is 1.57. The van der Waals surface area contributed by atoms with Crippen LogP contribution in [0.2, 0.25) is 0 Å². The first-order valence-electron chi connectivity index (χ1n) is 5.41. The molecule has 0 spiro atoms. The molecule has 1 aromatic rings. The number of aliphatic carboxylic acids is 1. The molecule has 0 heterocycles. The van der Waals surface area contributed by atoms with Gasteiger partial charge < -0.3 is 15.7 Å². The lowest BCUT2D eigenvalue weighted by Gasteiger charge is -2.18. The van der Waals surface area contributed by atoms with Crippen molar-refractivity contribution in [2.75, 3.05) is 18.5 Å². The maximum Gasteiger partial charge on any atom is 0.328 e. The van der Waals surface area contributed by atoms with E-state index >= 15 is 0 Å². The van der Waals surface area contributed by atoms with E-state index in [-0.39, 0.29) is 6.54 Å². The van der Waals surface area contributed by atoms with Crippen molar-refractivity contribution in [3.05, 3.63) is 35.4 Å². The summed E-state index contributed by atoms with van der Waals surface area (Å²) in [4.78, 5) is 23.0. The predicted octanol–water partition coefficient (Wildman–Crippen LogP) is 1.01. The average Bonchev–Trinajstić information content (AvgIpc) is 2.26. The predicted molar refractivity (Wildman–Crippen MR) is 70.3 cm³/mol. The molecule has 0 radical (unpaired) electrons. The fraction of sp³-hybridized carbons (Fsp3) is 0.231. The summed E-state index contributed by atoms with van der Waals surface area (Å²) in [5.41, 5.74) is 7.74. The Morgan fingerprint density at radius 2 is 2.11 bits per heavy atom. The monoisotopic (exact) mass is 248 g/mol. The number of nitrogens with zero attached hydrogens (tertiary/aromatic N) is 1. The molecule has 5 heteroatoms. The molecule has 0 unspecified atom stereocenters. The highest BCUT2D eigenvalue weighted by Gasteiger charge is 2.05. The SMILES string of the molecule is Cc1cc(N(C)CC(N)=O)ccc1C=CC(=O)O. The fourth-order valence-corrected chi connectivity index (χ4v) is 1.57. The van der Waals surface area contributed by atoms with Crippen LogP contribution in [0.1, 0.15) is 11.1 Å². The van der Waals surface area contributed by atoms with Crippen molar-refractivity contribution >= 4 is 23.6 Å². The third kappa shape index (κ3) is 3.93. The van der Waals surface area contributed by atoms with E-state index in [2.05, 4.69) is 0 Å². The first-order chi connectivity index (χ1) is 8.40. The zero-order chi connectivity index (χ0) is 13.7. The number of benzene rings is 1. The van der Waals surface area contributed by atoms with Crippen LogP contribution in [-0.4, -0.2) is 30.6 Å². The summed E-state index contributed by atoms with van der Waals surface area (Å²) >= 11 is 0. The zero-order valence-corrected chi connectivity index (χ0v) is 10.4. The van der Waals surface area contributed by atoms with Crippen LogP contribution in [0.15, 0.2) is 24.3 Å². The molecular formula is C13H16N2O3. The number of rotatable bonds is 5. The number of likely N-dealkylation sites (N-methyl/N-ethyl adjacent to an activating group) is 1. The first-order valence-corrected chi connectivity index (χ1v) is 5.41. The molecular weight excluding hydrogens is 232 g/mol. The summed E-state index contributed by atoms with van der Waals surface area (Å²) in [5.74, 6) is -1.38. The number of carbonyl (C=O) groups excluding carboxylic acids is 1. The number of carbonyl (C=O) groups is 2. The second-order valence-corrected chi connectivity index (χ2v) is 4.03. The van der Waals surface area contributed by atoms with Crippen LogP contribution in [0.4, 0.5) is 5.69 Å². The Kier molecular flexibility index (Phi) is 4.48. The summed E-state index contributed by atoms with van der Waals surface area (Å²) in [6, 6.07) is 5.50. The van der Waals surface area contributed by atoms with Gasteiger partial charge in [0.05, 0.1) is 6.54 Å². The lowest BCUT2D eigenvalue weighted by atomic mass is 10.1. The van der Waals surface area contributed by atoms with Crippen molar-refractivity contribution in [3.63, 3.8) is 0 Å². The van der Waals surface area contributed by atoms with E-state index in [0.717, 1.165) is 22.9 Å². The van der Waals surface area contributed by atoms with E-state index in [0.29, 0.717) is 0 Å². The number of anilines is 1. The Morgan fingerprint density at radius 1 is 1.44 bits per heavy atom. The van der Waals surface area contributed by atoms with Crippen LogP contribution < -0.4 is 10.6 Å². The Bertz CT molecular complexity index is 495. The quantitative estimate of drug-likeness (QED) is 0.762. The molecule has 1 rings (SSSR count). The summed E-state index contributed by atoms with van der Waals surface area (Å²) in [6.07, 6.45) is 2.63. The van der Waals surface area contributed by atoms with Gasteiger partial charge in [0.25, 0.3) is 0 Å². The summed E-state index contributed by atoms with van der Waals surface area (Å²) in [6.45, 7) is 2.02. The van der Waals surface area contributed by atoms with Gasteiger partial charge in [-0.1, -0.05) is 6.07 Å². The molecule has 0 bridgehead atoms. The van der Waals surface area contributed by atoms with Gasteiger partial charge in [0, 0.05) is 18.8 Å². The van der Waals surface area contributed by atoms with Gasteiger partial charge in [-0.3, -0.25) is 4.79 Å². The van der Waals surface area contributed by atoms with Gasteiger partial charge in [-0.15, -0.1) is 0 Å². The Hall–Kier alpha value is -2.30. The molecule has 1 aromatic carbocycles. The van der Waals surface area contributed by atoms with E-state index < -0.39 is 11.9 Å². The minimum atomic E-state index is -0.982. The molecule has 0 aliphatic rings. The molecule has 96 valence electrons. The highest BCUT2D eigenvalue weighted by atomic mass is 16.4. The molecule has 0 aliphatic carbocycles. The first kappa shape index (κ1) is 13.8. The van der Waals surface area contributed by atoms with Crippen molar-refractivity contribution in [2.24, 2.45) is 5.73 Å². The van der Waals surface area contributed by atoms with Crippen molar-refractivity contribution in [1.29, 1.82) is 0 Å². The van der Waals surface area contributed by atoms with Gasteiger partial charge in [0.2, 0.25) is 5.91 Å². The number of amides is 1. The third-order valence-corrected chi connectivity index (χ3v) is 2.49. The molecule has 5 nitrogen and oxygen atoms in total. The topological polar surface area (TPSA) is 83.6 Å². The van der Waals surface area contributed by atoms with Crippen LogP contribution in [0.3, 0.4) is 0 Å². The Balaban J connectivity index is 2.91. The molecule has 1 amide bonds. The van der Waals surface area contributed by atoms with Gasteiger partial charge in [-0.2, -0.15) is 0 Å². The lowest BCUT2D eigenvalue weighted by Crippen LogP contribution is -2.30. The normalized spacial score (nSPS) is 10.6. The van der Waals surface area contributed by atoms with E-state index in [1.165, 1.54) is 6.08 Å². The third-order valence-electron chi connectivity index (χ3n) is 2.49. The lowest BCUT2D eigenvalue weighted by molar-refractivity contribution is -0.131. The van der Waals surface area contributed by atoms with E-state index in [4.69, 9.17) is 10.8 Å². The maximum atomic E-state index is 10.8. The van der Waals surface area contributed by atoms with Crippen LogP contribution in [0.5, 0.6) is 0 Å². The number of carboxylic acid groups (broad SMARTS) is 1. The number of nitrogens with two attached hydrogens (primary N) is 1. The second-order valence-electron chi connectivity index (χ2n) is 4.03. The molecule has 0 aromatic heterocycles. The number of carboxylic acids is 1. The maximum absolute atomic E-state index is 10.8. The minimum Gasteiger partial charge on any atom is -0.478 e. The number of hydrogen-bond acceptors (Lipinski definition) is 3. The highest BCUT2D eigenvalue weighted by molar-refractivity contribution is 5.85. The van der Waals surface area contributed by atoms with Crippen molar-refractivity contribution in [3.8, 4) is 0 Å². The molecule has 18 heavy (non-hydrogen) atoms. The molecule has 0 fully saturated rings. The van der Waals surface area contributed by atoms with E-state index in [9.17, 15) is 9.59 Å². The largest absolute Gasteiger partial charge is 0.478 e. The van der Waals surface area contributed by atoms with Gasteiger partial charge in [-0.25, -0.2) is 4.79 Å². The molecule has 0 atom stereocenters. The Labute approximate surface area is 106 Å². The van der Waals surface area contributed by atoms with Crippen LogP contribution in [-0.2, 0) is 9.59 Å². The van der Waals surface area contributed by atoms with Crippen molar-refractivity contribution < 1.29 is 14.7 Å². The van der Waals surface area contributed by atoms with Crippen LogP contribution in [0.25, 0.3) is 6.08 Å². The minimum absolute atomic E-state index is 0.143. The smallest absolute Gasteiger partial charge is 0.328 e. The van der Waals surface area contributed by atoms with Gasteiger partial charge >= 0.3 is 5.97 Å². The van der Waals surface area contributed by atoms with E-state index in [1.54, 1.807) is 11.9 Å². The van der Waals surface area contributed by atoms with Crippen LogP contribution >= 0.6 is 0 Å². The number of primary amides is 1. The standard InChI is InChI=1S/C13H16N2O3/c1-9-7-11(15(2)8-12(14)16)5-3-10(9)4-6-13(17)18/h3-7H,8H2,1-2H3,(H2,14,16)(H,17,18). The number of hydrogen-bond donors (Lipinski definition) is 2. The average molecular weight is 248 g/mol. The second kappa shape index (κ2) is 5.86. The van der Waals surface area contributed by atoms with Gasteiger partial charge in [0.1, 0.15) is 0 Å². The van der Waals surface area contributed by atoms with Crippen molar-refractivity contribution in [1.82, 2.24) is 0 Å². The van der Waals surface area contributed by atoms with Crippen molar-refractivity contribution in [2.45, 2.75) is 6.92 Å².